The number of carbonyl (C=O) groups is 1. The summed E-state index contributed by atoms with van der Waals surface area (Å²) < 4.78 is 7.78. The second-order valence-electron chi connectivity index (χ2n) is 9.83. The Morgan fingerprint density at radius 3 is 2.64 bits per heavy atom. The number of hydrogen-bond acceptors (Lipinski definition) is 5. The van der Waals surface area contributed by atoms with Gasteiger partial charge in [-0.2, -0.15) is 5.10 Å². The molecule has 8 nitrogen and oxygen atoms in total. The number of piperazine rings is 1. The summed E-state index contributed by atoms with van der Waals surface area (Å²) >= 11 is 0. The number of aromatic amines is 1. The van der Waals surface area contributed by atoms with E-state index in [4.69, 9.17) is 4.74 Å². The fourth-order valence-electron chi connectivity index (χ4n) is 5.51. The van der Waals surface area contributed by atoms with Gasteiger partial charge < -0.3 is 14.6 Å². The summed E-state index contributed by atoms with van der Waals surface area (Å²) in [6, 6.07) is 4.25. The lowest BCUT2D eigenvalue weighted by atomic mass is 9.93. The highest BCUT2D eigenvalue weighted by Crippen LogP contribution is 2.35. The largest absolute Gasteiger partial charge is 0.377 e. The van der Waals surface area contributed by atoms with Gasteiger partial charge in [0.1, 0.15) is 0 Å². The molecule has 3 fully saturated rings. The van der Waals surface area contributed by atoms with Gasteiger partial charge in [0.15, 0.2) is 0 Å². The summed E-state index contributed by atoms with van der Waals surface area (Å²) in [6.45, 7) is 7.00. The number of aromatic nitrogens is 3. The van der Waals surface area contributed by atoms with Gasteiger partial charge in [-0.05, 0) is 56.7 Å². The van der Waals surface area contributed by atoms with Crippen LogP contribution in [0, 0.1) is 6.92 Å². The molecule has 8 heteroatoms. The summed E-state index contributed by atoms with van der Waals surface area (Å²) in [5.41, 5.74) is 3.10. The second kappa shape index (κ2) is 8.25. The Hall–Kier alpha value is -2.71. The number of benzene rings is 1. The lowest BCUT2D eigenvalue weighted by Gasteiger charge is -2.36. The predicted octanol–water partition coefficient (Wildman–Crippen LogP) is 2.85. The smallest absolute Gasteiger partial charge is 0.259 e. The number of fused-ring (bicyclic) bond motifs is 3. The summed E-state index contributed by atoms with van der Waals surface area (Å²) in [5.74, 6) is 0.0697. The lowest BCUT2D eigenvalue weighted by molar-refractivity contribution is 0.0432. The van der Waals surface area contributed by atoms with Crippen molar-refractivity contribution in [2.75, 3.05) is 39.3 Å². The minimum atomic E-state index is -0.121. The Morgan fingerprint density at radius 2 is 1.94 bits per heavy atom. The Kier molecular flexibility index (Phi) is 5.22. The van der Waals surface area contributed by atoms with E-state index in [1.54, 1.807) is 6.20 Å². The highest BCUT2D eigenvalue weighted by Gasteiger charge is 2.28. The quantitative estimate of drug-likeness (QED) is 0.662. The zero-order valence-corrected chi connectivity index (χ0v) is 19.2. The van der Waals surface area contributed by atoms with E-state index in [0.29, 0.717) is 23.1 Å². The second-order valence-corrected chi connectivity index (χ2v) is 9.83. The first-order chi connectivity index (χ1) is 16.1. The first-order valence-corrected chi connectivity index (χ1v) is 12.3. The Bertz CT molecular complexity index is 1260. The van der Waals surface area contributed by atoms with E-state index in [1.807, 2.05) is 28.6 Å². The van der Waals surface area contributed by atoms with Crippen LogP contribution in [0.2, 0.25) is 0 Å². The molecule has 1 unspecified atom stereocenters. The third-order valence-corrected chi connectivity index (χ3v) is 7.70. The highest BCUT2D eigenvalue weighted by atomic mass is 16.5. The standard InChI is InChI=1S/C25H31N5O3/c1-16-12-22-20(23-21(24(31)27-22)14-26-30(23)17-4-2-5-17)13-19(16)25(32)29-9-7-28(8-10-29)15-18-6-3-11-33-18/h12-14,17-18H,2-11,15H2,1H3,(H,27,31). The molecule has 0 radical (unpaired) electrons. The van der Waals surface area contributed by atoms with E-state index in [0.717, 1.165) is 87.0 Å². The number of nitrogens with zero attached hydrogens (tertiary/aromatic N) is 4. The predicted molar refractivity (Wildman–Crippen MR) is 127 cm³/mol. The van der Waals surface area contributed by atoms with E-state index in [2.05, 4.69) is 15.0 Å². The number of hydrogen-bond donors (Lipinski definition) is 1. The van der Waals surface area contributed by atoms with Crippen molar-refractivity contribution in [1.82, 2.24) is 24.6 Å². The summed E-state index contributed by atoms with van der Waals surface area (Å²) in [4.78, 5) is 33.6. The maximum Gasteiger partial charge on any atom is 0.259 e. The SMILES string of the molecule is Cc1cc2[nH]c(=O)c3cnn(C4CCC4)c3c2cc1C(=O)N1CCN(CC2CCCO2)CC1. The van der Waals surface area contributed by atoms with Crippen molar-refractivity contribution < 1.29 is 9.53 Å². The molecule has 0 bridgehead atoms. The van der Waals surface area contributed by atoms with Crippen LogP contribution in [0.25, 0.3) is 21.8 Å². The van der Waals surface area contributed by atoms with Crippen molar-refractivity contribution >= 4 is 27.7 Å². The van der Waals surface area contributed by atoms with Gasteiger partial charge in [-0.15, -0.1) is 0 Å². The highest BCUT2D eigenvalue weighted by molar-refractivity contribution is 6.07. The number of ether oxygens (including phenoxy) is 1. The van der Waals surface area contributed by atoms with Gasteiger partial charge in [-0.1, -0.05) is 0 Å². The fourth-order valence-corrected chi connectivity index (χ4v) is 5.51. The lowest BCUT2D eigenvalue weighted by Crippen LogP contribution is -2.50. The van der Waals surface area contributed by atoms with Crippen LogP contribution < -0.4 is 5.56 Å². The molecule has 6 rings (SSSR count). The third kappa shape index (κ3) is 3.65. The zero-order chi connectivity index (χ0) is 22.5. The number of nitrogens with one attached hydrogen (secondary N) is 1. The number of amides is 1. The average Bonchev–Trinajstić information content (AvgIpc) is 3.43. The molecular formula is C25H31N5O3. The van der Waals surface area contributed by atoms with E-state index in [-0.39, 0.29) is 11.5 Å². The molecule has 1 amide bonds. The molecule has 174 valence electrons. The van der Waals surface area contributed by atoms with Gasteiger partial charge in [-0.25, -0.2) is 0 Å². The molecular weight excluding hydrogens is 418 g/mol. The van der Waals surface area contributed by atoms with Crippen LogP contribution in [0.4, 0.5) is 0 Å². The van der Waals surface area contributed by atoms with E-state index in [9.17, 15) is 9.59 Å². The van der Waals surface area contributed by atoms with Crippen molar-refractivity contribution in [3.05, 3.63) is 39.8 Å². The molecule has 1 aliphatic carbocycles. The summed E-state index contributed by atoms with van der Waals surface area (Å²) in [6.07, 6.45) is 7.67. The molecule has 3 aliphatic rings. The van der Waals surface area contributed by atoms with Gasteiger partial charge in [0.05, 0.1) is 34.8 Å². The monoisotopic (exact) mass is 449 g/mol. The first-order valence-electron chi connectivity index (χ1n) is 12.3. The molecule has 1 N–H and O–H groups in total. The van der Waals surface area contributed by atoms with Crippen LogP contribution in [-0.2, 0) is 4.74 Å². The van der Waals surface area contributed by atoms with Crippen LogP contribution in [0.5, 0.6) is 0 Å². The molecule has 33 heavy (non-hydrogen) atoms. The molecule has 1 atom stereocenters. The Morgan fingerprint density at radius 1 is 1.12 bits per heavy atom. The Labute approximate surface area is 192 Å². The molecule has 3 aromatic rings. The topological polar surface area (TPSA) is 83.5 Å². The molecule has 1 aromatic carbocycles. The van der Waals surface area contributed by atoms with Gasteiger partial charge in [0.2, 0.25) is 0 Å². The maximum atomic E-state index is 13.5. The number of pyridine rings is 1. The Balaban J connectivity index is 1.29. The van der Waals surface area contributed by atoms with E-state index >= 15 is 0 Å². The van der Waals surface area contributed by atoms with Crippen LogP contribution in [0.1, 0.15) is 54.1 Å². The van der Waals surface area contributed by atoms with E-state index in [1.165, 1.54) is 6.42 Å². The molecule has 1 saturated carbocycles. The van der Waals surface area contributed by atoms with Crippen LogP contribution in [-0.4, -0.2) is 75.9 Å². The molecule has 2 aromatic heterocycles. The number of H-pyrrole nitrogens is 1. The van der Waals surface area contributed by atoms with Gasteiger partial charge in [0, 0.05) is 50.3 Å². The van der Waals surface area contributed by atoms with Gasteiger partial charge >= 0.3 is 0 Å². The summed E-state index contributed by atoms with van der Waals surface area (Å²) in [7, 11) is 0. The van der Waals surface area contributed by atoms with Gasteiger partial charge in [0.25, 0.3) is 11.5 Å². The molecule has 0 spiro atoms. The molecule has 2 saturated heterocycles. The van der Waals surface area contributed by atoms with Crippen molar-refractivity contribution in [3.63, 3.8) is 0 Å². The third-order valence-electron chi connectivity index (χ3n) is 7.70. The zero-order valence-electron chi connectivity index (χ0n) is 19.2. The van der Waals surface area contributed by atoms with E-state index < -0.39 is 0 Å². The fraction of sp³-hybridized carbons (Fsp3) is 0.560. The minimum absolute atomic E-state index is 0.0697. The maximum absolute atomic E-state index is 13.5. The van der Waals surface area contributed by atoms with Crippen LogP contribution in [0.15, 0.2) is 23.1 Å². The number of carbonyl (C=O) groups excluding carboxylic acids is 1. The number of aryl methyl sites for hydroxylation is 1. The summed E-state index contributed by atoms with van der Waals surface area (Å²) in [5, 5.41) is 6.05. The van der Waals surface area contributed by atoms with Crippen molar-refractivity contribution in [1.29, 1.82) is 0 Å². The molecule has 2 aliphatic heterocycles. The van der Waals surface area contributed by atoms with Crippen molar-refractivity contribution in [2.45, 2.75) is 51.2 Å². The average molecular weight is 450 g/mol. The van der Waals surface area contributed by atoms with Crippen molar-refractivity contribution in [2.24, 2.45) is 0 Å². The van der Waals surface area contributed by atoms with Crippen LogP contribution >= 0.6 is 0 Å². The minimum Gasteiger partial charge on any atom is -0.377 e. The number of rotatable bonds is 4. The van der Waals surface area contributed by atoms with Crippen LogP contribution in [0.3, 0.4) is 0 Å². The normalized spacial score (nSPS) is 22.3. The van der Waals surface area contributed by atoms with Crippen molar-refractivity contribution in [3.8, 4) is 0 Å². The molecule has 4 heterocycles. The van der Waals surface area contributed by atoms with Gasteiger partial charge in [-0.3, -0.25) is 19.2 Å². The first kappa shape index (κ1) is 20.9.